The molecule has 0 aromatic rings. The minimum Gasteiger partial charge on any atom is -0.481 e. The summed E-state index contributed by atoms with van der Waals surface area (Å²) in [6, 6.07) is -0.414. The van der Waals surface area contributed by atoms with E-state index in [1.54, 1.807) is 6.92 Å². The number of ether oxygens (including phenoxy) is 1. The van der Waals surface area contributed by atoms with Gasteiger partial charge in [0.25, 0.3) is 0 Å². The number of aliphatic carboxylic acids is 1. The second-order valence-corrected chi connectivity index (χ2v) is 4.83. The van der Waals surface area contributed by atoms with Gasteiger partial charge in [0.2, 0.25) is 5.91 Å². The van der Waals surface area contributed by atoms with E-state index in [2.05, 4.69) is 10.6 Å². The Labute approximate surface area is 117 Å². The van der Waals surface area contributed by atoms with Crippen molar-refractivity contribution in [3.05, 3.63) is 0 Å². The van der Waals surface area contributed by atoms with E-state index in [0.717, 1.165) is 0 Å². The fraction of sp³-hybridized carbons (Fsp3) is 0.750. The first-order valence-electron chi connectivity index (χ1n) is 6.47. The molecule has 1 aliphatic heterocycles. The molecule has 2 atom stereocenters. The van der Waals surface area contributed by atoms with Crippen LogP contribution in [0, 0.1) is 11.8 Å². The van der Waals surface area contributed by atoms with Crippen molar-refractivity contribution >= 4 is 17.9 Å². The lowest BCUT2D eigenvalue weighted by atomic mass is 9.99. The minimum atomic E-state index is -0.898. The molecule has 0 aromatic carbocycles. The Morgan fingerprint density at radius 2 is 2.00 bits per heavy atom. The average Bonchev–Trinajstić information content (AvgIpc) is 2.78. The van der Waals surface area contributed by atoms with Crippen LogP contribution in [0.5, 0.6) is 0 Å². The van der Waals surface area contributed by atoms with Gasteiger partial charge in [-0.25, -0.2) is 4.79 Å². The van der Waals surface area contributed by atoms with Gasteiger partial charge in [-0.2, -0.15) is 0 Å². The zero-order valence-electron chi connectivity index (χ0n) is 11.7. The van der Waals surface area contributed by atoms with Crippen molar-refractivity contribution in [2.45, 2.75) is 6.92 Å². The molecule has 8 nitrogen and oxygen atoms in total. The first-order chi connectivity index (χ1) is 9.45. The van der Waals surface area contributed by atoms with Crippen LogP contribution in [0.2, 0.25) is 0 Å². The molecule has 1 aliphatic rings. The van der Waals surface area contributed by atoms with E-state index >= 15 is 0 Å². The highest BCUT2D eigenvalue weighted by Crippen LogP contribution is 2.22. The number of nitrogens with one attached hydrogen (secondary N) is 2. The Kier molecular flexibility index (Phi) is 6.23. The Balaban J connectivity index is 2.30. The molecule has 1 heterocycles. The second-order valence-electron chi connectivity index (χ2n) is 4.83. The summed E-state index contributed by atoms with van der Waals surface area (Å²) in [5, 5.41) is 14.0. The number of carboxylic acid groups (broad SMARTS) is 1. The van der Waals surface area contributed by atoms with Gasteiger partial charge in [-0.15, -0.1) is 0 Å². The predicted octanol–water partition coefficient (Wildman–Crippen LogP) is -0.889. The summed E-state index contributed by atoms with van der Waals surface area (Å²) in [6.45, 7) is 3.01. The lowest BCUT2D eigenvalue weighted by Crippen LogP contribution is -2.44. The maximum absolute atomic E-state index is 11.8. The van der Waals surface area contributed by atoms with Crippen LogP contribution in [-0.2, 0) is 14.3 Å². The van der Waals surface area contributed by atoms with Gasteiger partial charge in [0.15, 0.2) is 0 Å². The van der Waals surface area contributed by atoms with Crippen molar-refractivity contribution in [3.63, 3.8) is 0 Å². The van der Waals surface area contributed by atoms with Gasteiger partial charge in [-0.05, 0) is 5.92 Å². The van der Waals surface area contributed by atoms with Gasteiger partial charge in [0.05, 0.1) is 19.1 Å². The zero-order chi connectivity index (χ0) is 15.1. The highest BCUT2D eigenvalue weighted by atomic mass is 16.5. The maximum atomic E-state index is 11.8. The van der Waals surface area contributed by atoms with E-state index in [9.17, 15) is 14.4 Å². The van der Waals surface area contributed by atoms with Crippen LogP contribution >= 0.6 is 0 Å². The Bertz CT molecular complexity index is 374. The number of rotatable bonds is 6. The highest BCUT2D eigenvalue weighted by molar-refractivity contribution is 5.84. The Hall–Kier alpha value is -1.83. The van der Waals surface area contributed by atoms with Gasteiger partial charge < -0.3 is 25.4 Å². The summed E-state index contributed by atoms with van der Waals surface area (Å²) in [5.41, 5.74) is 0. The standard InChI is InChI=1S/C12H21N3O5/c1-8-6-15(7-9(8)11(17)18)12(19)14-5-10(16)13-3-4-20-2/h8-9H,3-7H2,1-2H3,(H,13,16)(H,14,19)(H,17,18). The molecule has 3 N–H and O–H groups in total. The van der Waals surface area contributed by atoms with Crippen molar-refractivity contribution < 1.29 is 24.2 Å². The summed E-state index contributed by atoms with van der Waals surface area (Å²) < 4.78 is 4.78. The fourth-order valence-electron chi connectivity index (χ4n) is 2.08. The van der Waals surface area contributed by atoms with Crippen molar-refractivity contribution in [2.24, 2.45) is 11.8 Å². The van der Waals surface area contributed by atoms with E-state index in [0.29, 0.717) is 19.7 Å². The molecular formula is C12H21N3O5. The Morgan fingerprint density at radius 1 is 1.30 bits per heavy atom. The molecule has 2 unspecified atom stereocenters. The molecule has 1 rings (SSSR count). The topological polar surface area (TPSA) is 108 Å². The summed E-state index contributed by atoms with van der Waals surface area (Å²) in [7, 11) is 1.53. The molecule has 0 radical (unpaired) electrons. The predicted molar refractivity (Wildman–Crippen MR) is 70.1 cm³/mol. The molecule has 0 spiro atoms. The summed E-state index contributed by atoms with van der Waals surface area (Å²) in [6.07, 6.45) is 0. The number of likely N-dealkylation sites (tertiary alicyclic amines) is 1. The largest absolute Gasteiger partial charge is 0.481 e. The third-order valence-corrected chi connectivity index (χ3v) is 3.25. The highest BCUT2D eigenvalue weighted by Gasteiger charge is 2.36. The maximum Gasteiger partial charge on any atom is 0.317 e. The van der Waals surface area contributed by atoms with Gasteiger partial charge >= 0.3 is 12.0 Å². The first-order valence-corrected chi connectivity index (χ1v) is 6.47. The number of hydrogen-bond acceptors (Lipinski definition) is 4. The number of carbonyl (C=O) groups excluding carboxylic acids is 2. The molecule has 8 heteroatoms. The monoisotopic (exact) mass is 287 g/mol. The molecule has 0 bridgehead atoms. The van der Waals surface area contributed by atoms with Gasteiger partial charge in [0, 0.05) is 26.7 Å². The molecule has 0 saturated carbocycles. The van der Waals surface area contributed by atoms with E-state index in [-0.39, 0.29) is 24.9 Å². The van der Waals surface area contributed by atoms with E-state index in [1.807, 2.05) is 0 Å². The van der Waals surface area contributed by atoms with E-state index in [1.165, 1.54) is 12.0 Å². The third kappa shape index (κ3) is 4.69. The Morgan fingerprint density at radius 3 is 2.55 bits per heavy atom. The molecule has 0 aromatic heterocycles. The fourth-order valence-corrected chi connectivity index (χ4v) is 2.08. The molecule has 0 aliphatic carbocycles. The molecule has 114 valence electrons. The lowest BCUT2D eigenvalue weighted by molar-refractivity contribution is -0.142. The van der Waals surface area contributed by atoms with Crippen LogP contribution in [0.1, 0.15) is 6.92 Å². The lowest BCUT2D eigenvalue weighted by Gasteiger charge is -2.16. The van der Waals surface area contributed by atoms with Crippen molar-refractivity contribution in [3.8, 4) is 0 Å². The summed E-state index contributed by atoms with van der Waals surface area (Å²) >= 11 is 0. The summed E-state index contributed by atoms with van der Waals surface area (Å²) in [5.74, 6) is -1.84. The average molecular weight is 287 g/mol. The number of hydrogen-bond donors (Lipinski definition) is 3. The van der Waals surface area contributed by atoms with Crippen molar-refractivity contribution in [1.82, 2.24) is 15.5 Å². The smallest absolute Gasteiger partial charge is 0.317 e. The number of nitrogens with zero attached hydrogens (tertiary/aromatic N) is 1. The molecule has 1 saturated heterocycles. The van der Waals surface area contributed by atoms with Gasteiger partial charge in [0.1, 0.15) is 0 Å². The number of methoxy groups -OCH3 is 1. The second kappa shape index (κ2) is 7.68. The number of carboxylic acids is 1. The molecule has 20 heavy (non-hydrogen) atoms. The molecular weight excluding hydrogens is 266 g/mol. The van der Waals surface area contributed by atoms with Crippen LogP contribution in [0.4, 0.5) is 4.79 Å². The molecule has 3 amide bonds. The van der Waals surface area contributed by atoms with Crippen LogP contribution in [0.25, 0.3) is 0 Å². The third-order valence-electron chi connectivity index (χ3n) is 3.25. The van der Waals surface area contributed by atoms with Crippen LogP contribution in [0.3, 0.4) is 0 Å². The van der Waals surface area contributed by atoms with Crippen LogP contribution in [0.15, 0.2) is 0 Å². The first kappa shape index (κ1) is 16.2. The number of urea groups is 1. The van der Waals surface area contributed by atoms with Gasteiger partial charge in [-0.1, -0.05) is 6.92 Å². The SMILES string of the molecule is COCCNC(=O)CNC(=O)N1CC(C)C(C(=O)O)C1. The van der Waals surface area contributed by atoms with E-state index < -0.39 is 17.9 Å². The van der Waals surface area contributed by atoms with E-state index in [4.69, 9.17) is 9.84 Å². The van der Waals surface area contributed by atoms with Gasteiger partial charge in [-0.3, -0.25) is 9.59 Å². The number of amides is 3. The minimum absolute atomic E-state index is 0.0891. The zero-order valence-corrected chi connectivity index (χ0v) is 11.7. The summed E-state index contributed by atoms with van der Waals surface area (Å²) in [4.78, 5) is 35.6. The number of carbonyl (C=O) groups is 3. The quantitative estimate of drug-likeness (QED) is 0.549. The molecule has 1 fully saturated rings. The van der Waals surface area contributed by atoms with Crippen molar-refractivity contribution in [1.29, 1.82) is 0 Å². The van der Waals surface area contributed by atoms with Crippen LogP contribution < -0.4 is 10.6 Å². The normalized spacial score (nSPS) is 21.6. The van der Waals surface area contributed by atoms with Crippen LogP contribution in [-0.4, -0.2) is 67.8 Å². The van der Waals surface area contributed by atoms with Crippen molar-refractivity contribution in [2.75, 3.05) is 39.9 Å².